The van der Waals surface area contributed by atoms with Crippen molar-refractivity contribution in [3.63, 3.8) is 0 Å². The topological polar surface area (TPSA) is 43.4 Å². The average Bonchev–Trinajstić information content (AvgIpc) is 1.88. The van der Waals surface area contributed by atoms with Crippen molar-refractivity contribution in [2.24, 2.45) is 5.92 Å². The molecule has 1 unspecified atom stereocenters. The van der Waals surface area contributed by atoms with Crippen molar-refractivity contribution >= 4 is 31.5 Å². The van der Waals surface area contributed by atoms with Crippen molar-refractivity contribution in [2.75, 3.05) is 6.61 Å². The summed E-state index contributed by atoms with van der Waals surface area (Å²) in [5.41, 5.74) is 0. The van der Waals surface area contributed by atoms with E-state index in [1.165, 1.54) is 6.92 Å². The predicted molar refractivity (Wildman–Crippen MR) is 51.0 cm³/mol. The second kappa shape index (κ2) is 7.43. The van der Waals surface area contributed by atoms with Crippen LogP contribution in [-0.4, -0.2) is 38.1 Å². The third-order valence-electron chi connectivity index (χ3n) is 1.47. The standard InChI is InChI=1S/C8H14O3.Ga.3H/c1-4-7(6(3)9)8(10)11-5-2;;;;/h7H,4-5H2,1-3H3;;;;. The third kappa shape index (κ3) is 4.61. The van der Waals surface area contributed by atoms with Crippen LogP contribution in [0.5, 0.6) is 0 Å². The Morgan fingerprint density at radius 3 is 2.08 bits per heavy atom. The first-order chi connectivity index (χ1) is 5.13. The summed E-state index contributed by atoms with van der Waals surface area (Å²) in [6.07, 6.45) is 0.522. The quantitative estimate of drug-likeness (QED) is 0.388. The number of ketones is 1. The molecule has 0 N–H and O–H groups in total. The van der Waals surface area contributed by atoms with Crippen molar-refractivity contribution < 1.29 is 14.3 Å². The van der Waals surface area contributed by atoms with Crippen LogP contribution in [0.3, 0.4) is 0 Å². The van der Waals surface area contributed by atoms with Gasteiger partial charge >= 0.3 is 25.8 Å². The number of esters is 1. The molecule has 0 aromatic rings. The van der Waals surface area contributed by atoms with Gasteiger partial charge in [0, 0.05) is 0 Å². The predicted octanol–water partition coefficient (Wildman–Crippen LogP) is -0.0192. The summed E-state index contributed by atoms with van der Waals surface area (Å²) >= 11 is 0. The molecule has 0 radical (unpaired) electrons. The van der Waals surface area contributed by atoms with Gasteiger partial charge in [-0.2, -0.15) is 0 Å². The molecule has 0 saturated carbocycles. The first-order valence-corrected chi connectivity index (χ1v) is 3.80. The molecule has 0 saturated heterocycles. The van der Waals surface area contributed by atoms with Gasteiger partial charge in [0.2, 0.25) is 0 Å². The summed E-state index contributed by atoms with van der Waals surface area (Å²) in [4.78, 5) is 21.8. The number of ether oxygens (including phenoxy) is 1. The van der Waals surface area contributed by atoms with Gasteiger partial charge in [-0.3, -0.25) is 9.59 Å². The van der Waals surface area contributed by atoms with Gasteiger partial charge in [0.05, 0.1) is 6.61 Å². The fourth-order valence-corrected chi connectivity index (χ4v) is 0.863. The summed E-state index contributed by atoms with van der Waals surface area (Å²) in [5.74, 6) is -1.08. The van der Waals surface area contributed by atoms with E-state index in [9.17, 15) is 9.59 Å². The zero-order chi connectivity index (χ0) is 8.85. The molecule has 0 aliphatic rings. The monoisotopic (exact) mass is 230 g/mol. The molecular weight excluding hydrogens is 214 g/mol. The molecule has 0 rings (SSSR count). The Bertz CT molecular complexity index is 156. The first-order valence-electron chi connectivity index (χ1n) is 3.80. The average molecular weight is 231 g/mol. The SMILES string of the molecule is CCOC(=O)C(CC)C(C)=O.[GaH3]. The molecule has 0 aliphatic carbocycles. The maximum atomic E-state index is 11.0. The van der Waals surface area contributed by atoms with Crippen LogP contribution in [0.4, 0.5) is 0 Å². The number of carbonyl (C=O) groups is 2. The van der Waals surface area contributed by atoms with Gasteiger partial charge in [-0.15, -0.1) is 0 Å². The molecule has 4 heteroatoms. The Kier molecular flexibility index (Phi) is 8.86. The van der Waals surface area contributed by atoms with Crippen molar-refractivity contribution in [3.05, 3.63) is 0 Å². The molecule has 3 nitrogen and oxygen atoms in total. The number of carbonyl (C=O) groups excluding carboxylic acids is 2. The maximum absolute atomic E-state index is 11.0. The summed E-state index contributed by atoms with van der Waals surface area (Å²) < 4.78 is 4.70. The van der Waals surface area contributed by atoms with Crippen LogP contribution >= 0.6 is 0 Å². The summed E-state index contributed by atoms with van der Waals surface area (Å²) in [6.45, 7) is 5.27. The normalized spacial score (nSPS) is 11.2. The Hall–Kier alpha value is -0.224. The molecule has 0 aromatic carbocycles. The molecular formula is C8H17GaO3. The van der Waals surface area contributed by atoms with Gasteiger partial charge in [-0.1, -0.05) is 6.92 Å². The van der Waals surface area contributed by atoms with E-state index in [4.69, 9.17) is 4.74 Å². The van der Waals surface area contributed by atoms with Crippen molar-refractivity contribution in [1.82, 2.24) is 0 Å². The van der Waals surface area contributed by atoms with Crippen molar-refractivity contribution in [1.29, 1.82) is 0 Å². The number of hydrogen-bond acceptors (Lipinski definition) is 3. The minimum atomic E-state index is -0.560. The molecule has 0 spiro atoms. The number of Topliss-reactive ketones (excluding diaryl/α,β-unsaturated/α-hetero) is 1. The molecule has 0 fully saturated rings. The van der Waals surface area contributed by atoms with E-state index in [0.29, 0.717) is 13.0 Å². The minimum absolute atomic E-state index is 0. The number of hydrogen-bond donors (Lipinski definition) is 0. The van der Waals surface area contributed by atoms with Crippen LogP contribution in [0.2, 0.25) is 0 Å². The van der Waals surface area contributed by atoms with Gasteiger partial charge in [0.25, 0.3) is 0 Å². The van der Waals surface area contributed by atoms with E-state index in [0.717, 1.165) is 0 Å². The molecule has 0 heterocycles. The van der Waals surface area contributed by atoms with Crippen LogP contribution in [0.25, 0.3) is 0 Å². The van der Waals surface area contributed by atoms with Gasteiger partial charge in [-0.25, -0.2) is 0 Å². The molecule has 0 aromatic heterocycles. The van der Waals surface area contributed by atoms with Crippen LogP contribution in [0, 0.1) is 5.92 Å². The van der Waals surface area contributed by atoms with E-state index in [1.807, 2.05) is 0 Å². The fraction of sp³-hybridized carbons (Fsp3) is 0.750. The van der Waals surface area contributed by atoms with Gasteiger partial charge in [0.15, 0.2) is 0 Å². The Morgan fingerprint density at radius 2 is 1.83 bits per heavy atom. The summed E-state index contributed by atoms with van der Waals surface area (Å²) in [6, 6.07) is 0. The van der Waals surface area contributed by atoms with E-state index in [-0.39, 0.29) is 25.6 Å². The molecule has 12 heavy (non-hydrogen) atoms. The Morgan fingerprint density at radius 1 is 1.33 bits per heavy atom. The Labute approximate surface area is 85.9 Å². The third-order valence-corrected chi connectivity index (χ3v) is 1.47. The van der Waals surface area contributed by atoms with Gasteiger partial charge in [0.1, 0.15) is 11.7 Å². The fourth-order valence-electron chi connectivity index (χ4n) is 0.863. The van der Waals surface area contributed by atoms with Gasteiger partial charge < -0.3 is 4.74 Å². The van der Waals surface area contributed by atoms with Gasteiger partial charge in [-0.05, 0) is 20.3 Å². The van der Waals surface area contributed by atoms with Crippen LogP contribution < -0.4 is 0 Å². The first kappa shape index (κ1) is 14.3. The van der Waals surface area contributed by atoms with Crippen LogP contribution in [0.15, 0.2) is 0 Å². The van der Waals surface area contributed by atoms with Crippen LogP contribution in [0.1, 0.15) is 27.2 Å². The molecule has 70 valence electrons. The Balaban J connectivity index is 0. The van der Waals surface area contributed by atoms with E-state index in [1.54, 1.807) is 13.8 Å². The zero-order valence-corrected chi connectivity index (χ0v) is 7.22. The van der Waals surface area contributed by atoms with E-state index < -0.39 is 11.9 Å². The second-order valence-corrected chi connectivity index (χ2v) is 2.32. The van der Waals surface area contributed by atoms with Crippen molar-refractivity contribution in [3.8, 4) is 0 Å². The molecule has 0 amide bonds. The molecule has 0 aliphatic heterocycles. The van der Waals surface area contributed by atoms with Crippen molar-refractivity contribution in [2.45, 2.75) is 27.2 Å². The zero-order valence-electron chi connectivity index (χ0n) is 7.22. The second-order valence-electron chi connectivity index (χ2n) is 2.32. The number of rotatable bonds is 4. The van der Waals surface area contributed by atoms with E-state index in [2.05, 4.69) is 0 Å². The van der Waals surface area contributed by atoms with Crippen LogP contribution in [-0.2, 0) is 14.3 Å². The summed E-state index contributed by atoms with van der Waals surface area (Å²) in [7, 11) is 0. The summed E-state index contributed by atoms with van der Waals surface area (Å²) in [5, 5.41) is 0. The molecule has 0 bridgehead atoms. The molecule has 1 atom stereocenters. The van der Waals surface area contributed by atoms with E-state index >= 15 is 0 Å².